The van der Waals surface area contributed by atoms with E-state index < -0.39 is 6.10 Å². The van der Waals surface area contributed by atoms with E-state index in [2.05, 4.69) is 20.3 Å². The number of H-pyrrole nitrogens is 1. The maximum Gasteiger partial charge on any atom is 0.269 e. The molecule has 0 aliphatic carbocycles. The number of nitrogens with zero attached hydrogens (tertiary/aromatic N) is 2. The van der Waals surface area contributed by atoms with Crippen molar-refractivity contribution >= 4 is 22.6 Å². The molecular formula is C21H16N4O3. The molecule has 138 valence electrons. The van der Waals surface area contributed by atoms with E-state index in [0.717, 1.165) is 22.3 Å². The maximum absolute atomic E-state index is 12.5. The summed E-state index contributed by atoms with van der Waals surface area (Å²) in [5.41, 5.74) is 3.24. The van der Waals surface area contributed by atoms with Crippen molar-refractivity contribution in [1.82, 2.24) is 15.0 Å². The zero-order valence-electron chi connectivity index (χ0n) is 14.8. The van der Waals surface area contributed by atoms with Crippen LogP contribution in [0.5, 0.6) is 11.5 Å². The standard InChI is InChI=1S/C21H16N4O3/c26-21(18-11-27-16-3-1-2-4-17(16)28-18)25-14-7-5-13(6-8-14)19-15-9-10-22-20(15)24-12-23-19/h1-10,12,18H,11H2,(H,25,26)(H,22,23,24). The van der Waals surface area contributed by atoms with Crippen LogP contribution in [0.25, 0.3) is 22.3 Å². The number of hydrogen-bond acceptors (Lipinski definition) is 5. The Morgan fingerprint density at radius 3 is 2.71 bits per heavy atom. The van der Waals surface area contributed by atoms with E-state index in [4.69, 9.17) is 9.47 Å². The first-order valence-corrected chi connectivity index (χ1v) is 8.86. The third-order valence-electron chi connectivity index (χ3n) is 4.58. The molecule has 1 aliphatic rings. The van der Waals surface area contributed by atoms with Crippen molar-refractivity contribution in [3.05, 3.63) is 67.1 Å². The fourth-order valence-corrected chi connectivity index (χ4v) is 3.19. The molecule has 7 heteroatoms. The van der Waals surface area contributed by atoms with Crippen LogP contribution in [-0.4, -0.2) is 33.6 Å². The molecule has 28 heavy (non-hydrogen) atoms. The lowest BCUT2D eigenvalue weighted by molar-refractivity contribution is -0.125. The van der Waals surface area contributed by atoms with Crippen molar-refractivity contribution in [2.75, 3.05) is 11.9 Å². The zero-order chi connectivity index (χ0) is 18.9. The molecule has 1 unspecified atom stereocenters. The molecule has 0 spiro atoms. The number of aromatic nitrogens is 3. The van der Waals surface area contributed by atoms with E-state index in [9.17, 15) is 4.79 Å². The molecule has 5 rings (SSSR count). The summed E-state index contributed by atoms with van der Waals surface area (Å²) >= 11 is 0. The molecule has 2 N–H and O–H groups in total. The molecule has 1 atom stereocenters. The lowest BCUT2D eigenvalue weighted by Gasteiger charge is -2.25. The van der Waals surface area contributed by atoms with Crippen molar-refractivity contribution in [3.63, 3.8) is 0 Å². The Labute approximate surface area is 160 Å². The minimum Gasteiger partial charge on any atom is -0.485 e. The van der Waals surface area contributed by atoms with Crippen LogP contribution in [0.4, 0.5) is 5.69 Å². The largest absolute Gasteiger partial charge is 0.485 e. The highest BCUT2D eigenvalue weighted by molar-refractivity contribution is 5.95. The van der Waals surface area contributed by atoms with Crippen LogP contribution in [0.15, 0.2) is 67.1 Å². The topological polar surface area (TPSA) is 89.1 Å². The summed E-state index contributed by atoms with van der Waals surface area (Å²) < 4.78 is 11.3. The molecule has 0 radical (unpaired) electrons. The van der Waals surface area contributed by atoms with Gasteiger partial charge in [0.1, 0.15) is 18.6 Å². The molecule has 2 aromatic heterocycles. The van der Waals surface area contributed by atoms with Crippen molar-refractivity contribution in [2.45, 2.75) is 6.10 Å². The molecule has 4 aromatic rings. The third kappa shape index (κ3) is 2.92. The van der Waals surface area contributed by atoms with E-state index in [1.807, 2.05) is 54.7 Å². The van der Waals surface area contributed by atoms with Crippen molar-refractivity contribution in [2.24, 2.45) is 0 Å². The Kier molecular flexibility index (Phi) is 3.90. The Morgan fingerprint density at radius 1 is 1.04 bits per heavy atom. The summed E-state index contributed by atoms with van der Waals surface area (Å²) in [6, 6.07) is 16.8. The van der Waals surface area contributed by atoms with Gasteiger partial charge in [0.15, 0.2) is 11.5 Å². The normalized spacial score (nSPS) is 15.4. The number of carbonyl (C=O) groups is 1. The second kappa shape index (κ2) is 6.70. The Bertz CT molecular complexity index is 1150. The molecular weight excluding hydrogens is 356 g/mol. The first-order valence-electron chi connectivity index (χ1n) is 8.86. The van der Waals surface area contributed by atoms with Crippen LogP contribution < -0.4 is 14.8 Å². The van der Waals surface area contributed by atoms with Gasteiger partial charge in [-0.3, -0.25) is 4.79 Å². The van der Waals surface area contributed by atoms with Gasteiger partial charge in [-0.05, 0) is 30.3 Å². The number of hydrogen-bond donors (Lipinski definition) is 2. The van der Waals surface area contributed by atoms with Crippen LogP contribution in [0.2, 0.25) is 0 Å². The fraction of sp³-hybridized carbons (Fsp3) is 0.0952. The number of aromatic amines is 1. The average Bonchev–Trinajstić information content (AvgIpc) is 3.23. The second-order valence-electron chi connectivity index (χ2n) is 6.39. The Hall–Kier alpha value is -3.87. The number of ether oxygens (including phenoxy) is 2. The number of amides is 1. The van der Waals surface area contributed by atoms with Gasteiger partial charge < -0.3 is 19.8 Å². The minimum atomic E-state index is -0.698. The number of anilines is 1. The lowest BCUT2D eigenvalue weighted by atomic mass is 10.1. The second-order valence-corrected chi connectivity index (χ2v) is 6.39. The molecule has 0 saturated carbocycles. The van der Waals surface area contributed by atoms with Crippen LogP contribution in [0.1, 0.15) is 0 Å². The number of fused-ring (bicyclic) bond motifs is 2. The van der Waals surface area contributed by atoms with E-state index in [1.165, 1.54) is 6.33 Å². The third-order valence-corrected chi connectivity index (χ3v) is 4.58. The van der Waals surface area contributed by atoms with E-state index in [1.54, 1.807) is 6.07 Å². The first-order chi connectivity index (χ1) is 13.8. The van der Waals surface area contributed by atoms with E-state index in [-0.39, 0.29) is 12.5 Å². The van der Waals surface area contributed by atoms with Gasteiger partial charge >= 0.3 is 0 Å². The predicted octanol–water partition coefficient (Wildman–Crippen LogP) is 3.40. The number of para-hydroxylation sites is 2. The quantitative estimate of drug-likeness (QED) is 0.575. The summed E-state index contributed by atoms with van der Waals surface area (Å²) in [6.07, 6.45) is 2.67. The molecule has 0 fully saturated rings. The van der Waals surface area contributed by atoms with E-state index >= 15 is 0 Å². The van der Waals surface area contributed by atoms with Gasteiger partial charge in [0.2, 0.25) is 6.10 Å². The SMILES string of the molecule is O=C(Nc1ccc(-c2ncnc3[nH]ccc23)cc1)C1COc2ccccc2O1. The number of nitrogens with one attached hydrogen (secondary N) is 2. The van der Waals surface area contributed by atoms with Gasteiger partial charge in [0.05, 0.1) is 5.69 Å². The summed E-state index contributed by atoms with van der Waals surface area (Å²) in [5, 5.41) is 3.82. The maximum atomic E-state index is 12.5. The highest BCUT2D eigenvalue weighted by Crippen LogP contribution is 2.31. The van der Waals surface area contributed by atoms with Crippen LogP contribution >= 0.6 is 0 Å². The summed E-state index contributed by atoms with van der Waals surface area (Å²) in [5.74, 6) is 0.970. The molecule has 1 amide bonds. The number of carbonyl (C=O) groups excluding carboxylic acids is 1. The average molecular weight is 372 g/mol. The first kappa shape index (κ1) is 16.3. The van der Waals surface area contributed by atoms with Gasteiger partial charge in [-0.1, -0.05) is 24.3 Å². The highest BCUT2D eigenvalue weighted by atomic mass is 16.6. The Morgan fingerprint density at radius 2 is 1.86 bits per heavy atom. The van der Waals surface area contributed by atoms with Gasteiger partial charge in [-0.15, -0.1) is 0 Å². The fourth-order valence-electron chi connectivity index (χ4n) is 3.19. The van der Waals surface area contributed by atoms with Gasteiger partial charge in [0, 0.05) is 22.8 Å². The number of benzene rings is 2. The highest BCUT2D eigenvalue weighted by Gasteiger charge is 2.27. The summed E-state index contributed by atoms with van der Waals surface area (Å²) in [7, 11) is 0. The lowest BCUT2D eigenvalue weighted by Crippen LogP contribution is -2.40. The molecule has 2 aromatic carbocycles. The molecule has 3 heterocycles. The van der Waals surface area contributed by atoms with Crippen molar-refractivity contribution in [3.8, 4) is 22.8 Å². The van der Waals surface area contributed by atoms with Crippen LogP contribution in [-0.2, 0) is 4.79 Å². The molecule has 7 nitrogen and oxygen atoms in total. The predicted molar refractivity (Wildman–Crippen MR) is 104 cm³/mol. The Balaban J connectivity index is 1.32. The van der Waals surface area contributed by atoms with Gasteiger partial charge in [-0.25, -0.2) is 9.97 Å². The minimum absolute atomic E-state index is 0.174. The zero-order valence-corrected chi connectivity index (χ0v) is 14.8. The smallest absolute Gasteiger partial charge is 0.269 e. The summed E-state index contributed by atoms with van der Waals surface area (Å²) in [6.45, 7) is 0.174. The van der Waals surface area contributed by atoms with Crippen molar-refractivity contribution in [1.29, 1.82) is 0 Å². The molecule has 0 bridgehead atoms. The molecule has 0 saturated heterocycles. The van der Waals surface area contributed by atoms with Gasteiger partial charge in [-0.2, -0.15) is 0 Å². The van der Waals surface area contributed by atoms with E-state index in [0.29, 0.717) is 17.2 Å². The monoisotopic (exact) mass is 372 g/mol. The molecule has 1 aliphatic heterocycles. The van der Waals surface area contributed by atoms with Crippen LogP contribution in [0, 0.1) is 0 Å². The number of rotatable bonds is 3. The van der Waals surface area contributed by atoms with Gasteiger partial charge in [0.25, 0.3) is 5.91 Å². The summed E-state index contributed by atoms with van der Waals surface area (Å²) in [4.78, 5) is 24.2. The van der Waals surface area contributed by atoms with Crippen LogP contribution in [0.3, 0.4) is 0 Å². The van der Waals surface area contributed by atoms with Crippen molar-refractivity contribution < 1.29 is 14.3 Å².